The van der Waals surface area contributed by atoms with Crippen molar-refractivity contribution in [2.45, 2.75) is 51.9 Å². The average Bonchev–Trinajstić information content (AvgIpc) is 3.63. The molecule has 220 valence electrons. The lowest BCUT2D eigenvalue weighted by Crippen LogP contribution is -2.33. The number of aryl methyl sites for hydroxylation is 1. The standard InChI is InChI=1S/C33H39N5O3S/c1-21-6-12-25(13-7-21)38-29(18-28(37-38)33(2,3)4)36-32(40)35-24-10-8-22(9-11-24)30(23-14-16-34-17-15-23)31(39)26-19-42-20-27(26)41-5/h6-13,18-20,23,30,34H,14-17H2,1-5H3,(H2,35,36,40). The molecule has 0 bridgehead atoms. The highest BCUT2D eigenvalue weighted by Gasteiger charge is 2.33. The first-order valence-corrected chi connectivity index (χ1v) is 15.3. The molecule has 2 amide bonds. The van der Waals surface area contributed by atoms with Gasteiger partial charge in [0, 0.05) is 27.9 Å². The number of nitrogens with one attached hydrogen (secondary N) is 3. The van der Waals surface area contributed by atoms with E-state index >= 15 is 0 Å². The van der Waals surface area contributed by atoms with Gasteiger partial charge in [-0.2, -0.15) is 5.10 Å². The zero-order valence-corrected chi connectivity index (χ0v) is 25.7. The second kappa shape index (κ2) is 12.5. The Labute approximate surface area is 251 Å². The molecule has 0 spiro atoms. The van der Waals surface area contributed by atoms with Crippen molar-refractivity contribution in [2.24, 2.45) is 5.92 Å². The van der Waals surface area contributed by atoms with E-state index in [2.05, 4.69) is 36.7 Å². The Kier molecular flexibility index (Phi) is 8.80. The van der Waals surface area contributed by atoms with Crippen LogP contribution >= 0.6 is 11.3 Å². The van der Waals surface area contributed by atoms with Crippen LogP contribution in [0.3, 0.4) is 0 Å². The Hall–Kier alpha value is -3.95. The van der Waals surface area contributed by atoms with E-state index < -0.39 is 0 Å². The van der Waals surface area contributed by atoms with Crippen molar-refractivity contribution in [1.82, 2.24) is 15.1 Å². The summed E-state index contributed by atoms with van der Waals surface area (Å²) in [6, 6.07) is 17.2. The number of ketones is 1. The zero-order chi connectivity index (χ0) is 29.9. The number of hydrogen-bond donors (Lipinski definition) is 3. The minimum Gasteiger partial charge on any atom is -0.495 e. The molecule has 1 atom stereocenters. The molecule has 42 heavy (non-hydrogen) atoms. The van der Waals surface area contributed by atoms with Gasteiger partial charge in [-0.05, 0) is 68.6 Å². The van der Waals surface area contributed by atoms with E-state index in [0.29, 0.717) is 22.8 Å². The highest BCUT2D eigenvalue weighted by molar-refractivity contribution is 7.08. The molecule has 3 N–H and O–H groups in total. The summed E-state index contributed by atoms with van der Waals surface area (Å²) in [5.74, 6) is 1.23. The molecular weight excluding hydrogens is 546 g/mol. The predicted octanol–water partition coefficient (Wildman–Crippen LogP) is 7.16. The predicted molar refractivity (Wildman–Crippen MR) is 170 cm³/mol. The number of anilines is 2. The second-order valence-corrected chi connectivity index (χ2v) is 12.6. The van der Waals surface area contributed by atoms with Crippen molar-refractivity contribution in [3.8, 4) is 11.4 Å². The van der Waals surface area contributed by atoms with Crippen molar-refractivity contribution in [1.29, 1.82) is 0 Å². The third-order valence-electron chi connectivity index (χ3n) is 7.78. The van der Waals surface area contributed by atoms with E-state index in [1.165, 1.54) is 11.3 Å². The Balaban J connectivity index is 1.35. The maximum atomic E-state index is 13.8. The number of nitrogens with zero attached hydrogens (tertiary/aromatic N) is 2. The Morgan fingerprint density at radius 2 is 1.71 bits per heavy atom. The number of benzene rings is 2. The fourth-order valence-corrected chi connectivity index (χ4v) is 6.16. The van der Waals surface area contributed by atoms with Crippen LogP contribution in [0.5, 0.6) is 5.75 Å². The van der Waals surface area contributed by atoms with Gasteiger partial charge in [0.2, 0.25) is 0 Å². The van der Waals surface area contributed by atoms with E-state index in [1.807, 2.05) is 72.3 Å². The van der Waals surface area contributed by atoms with Crippen molar-refractivity contribution in [3.05, 3.63) is 87.7 Å². The van der Waals surface area contributed by atoms with E-state index in [4.69, 9.17) is 9.84 Å². The highest BCUT2D eigenvalue weighted by atomic mass is 32.1. The van der Waals surface area contributed by atoms with Crippen LogP contribution in [-0.2, 0) is 5.41 Å². The number of hydrogen-bond acceptors (Lipinski definition) is 6. The number of Topliss-reactive ketones (excluding diaryl/α,β-unsaturated/α-hetero) is 1. The van der Waals surface area contributed by atoms with Crippen molar-refractivity contribution in [2.75, 3.05) is 30.8 Å². The van der Waals surface area contributed by atoms with E-state index in [0.717, 1.165) is 48.4 Å². The molecule has 1 unspecified atom stereocenters. The number of methoxy groups -OCH3 is 1. The number of carbonyl (C=O) groups excluding carboxylic acids is 2. The number of rotatable bonds is 8. The van der Waals surface area contributed by atoms with E-state index in [1.54, 1.807) is 11.8 Å². The van der Waals surface area contributed by atoms with Crippen LogP contribution in [0.15, 0.2) is 65.4 Å². The molecule has 3 heterocycles. The third kappa shape index (κ3) is 6.58. The Morgan fingerprint density at radius 3 is 2.36 bits per heavy atom. The van der Waals surface area contributed by atoms with Gasteiger partial charge in [0.1, 0.15) is 11.6 Å². The number of urea groups is 1. The van der Waals surface area contributed by atoms with Crippen LogP contribution in [0, 0.1) is 12.8 Å². The lowest BCUT2D eigenvalue weighted by Gasteiger charge is -2.30. The van der Waals surface area contributed by atoms with Crippen LogP contribution in [0.4, 0.5) is 16.3 Å². The normalized spacial score (nSPS) is 14.8. The van der Waals surface area contributed by atoms with E-state index in [9.17, 15) is 9.59 Å². The van der Waals surface area contributed by atoms with Gasteiger partial charge in [-0.25, -0.2) is 9.48 Å². The molecule has 0 aliphatic carbocycles. The van der Waals surface area contributed by atoms with E-state index in [-0.39, 0.29) is 29.1 Å². The second-order valence-electron chi connectivity index (χ2n) is 11.9. The molecule has 1 aliphatic rings. The van der Waals surface area contributed by atoms with Gasteiger partial charge >= 0.3 is 6.03 Å². The number of carbonyl (C=O) groups is 2. The summed E-state index contributed by atoms with van der Waals surface area (Å²) in [6.45, 7) is 10.1. The molecule has 4 aromatic rings. The van der Waals surface area contributed by atoms with Gasteiger partial charge in [0.15, 0.2) is 5.78 Å². The number of ether oxygens (including phenoxy) is 1. The summed E-state index contributed by atoms with van der Waals surface area (Å²) >= 11 is 1.47. The quantitative estimate of drug-likeness (QED) is 0.191. The minimum atomic E-state index is -0.370. The first-order chi connectivity index (χ1) is 20.1. The van der Waals surface area contributed by atoms with Crippen molar-refractivity contribution >= 4 is 34.7 Å². The van der Waals surface area contributed by atoms with Crippen LogP contribution in [0.25, 0.3) is 5.69 Å². The molecule has 9 heteroatoms. The number of thiophene rings is 1. The molecule has 0 saturated carbocycles. The lowest BCUT2D eigenvalue weighted by molar-refractivity contribution is 0.0913. The highest BCUT2D eigenvalue weighted by Crippen LogP contribution is 2.38. The third-order valence-corrected chi connectivity index (χ3v) is 8.50. The summed E-state index contributed by atoms with van der Waals surface area (Å²) in [4.78, 5) is 27.0. The molecule has 2 aromatic heterocycles. The summed E-state index contributed by atoms with van der Waals surface area (Å²) in [5, 5.41) is 17.9. The molecule has 1 fully saturated rings. The summed E-state index contributed by atoms with van der Waals surface area (Å²) < 4.78 is 7.23. The Bertz CT molecular complexity index is 1530. The molecular formula is C33H39N5O3S. The van der Waals surface area contributed by atoms with Gasteiger partial charge in [-0.1, -0.05) is 50.6 Å². The first kappa shape index (κ1) is 29.5. The summed E-state index contributed by atoms with van der Waals surface area (Å²) in [6.07, 6.45) is 1.85. The molecule has 1 aliphatic heterocycles. The Morgan fingerprint density at radius 1 is 1.02 bits per heavy atom. The maximum Gasteiger partial charge on any atom is 0.324 e. The van der Waals surface area contributed by atoms with Gasteiger partial charge < -0.3 is 15.4 Å². The fraction of sp³-hybridized carbons (Fsp3) is 0.364. The fourth-order valence-electron chi connectivity index (χ4n) is 5.38. The maximum absolute atomic E-state index is 13.8. The molecule has 0 radical (unpaired) electrons. The van der Waals surface area contributed by atoms with Crippen molar-refractivity contribution < 1.29 is 14.3 Å². The molecule has 1 saturated heterocycles. The molecule has 8 nitrogen and oxygen atoms in total. The average molecular weight is 586 g/mol. The van der Waals surface area contributed by atoms with Crippen molar-refractivity contribution in [3.63, 3.8) is 0 Å². The summed E-state index contributed by atoms with van der Waals surface area (Å²) in [7, 11) is 1.60. The first-order valence-electron chi connectivity index (χ1n) is 14.3. The molecule has 5 rings (SSSR count). The van der Waals surface area contributed by atoms with Gasteiger partial charge in [0.25, 0.3) is 0 Å². The number of amides is 2. The zero-order valence-electron chi connectivity index (χ0n) is 24.9. The minimum absolute atomic E-state index is 0.0810. The smallest absolute Gasteiger partial charge is 0.324 e. The van der Waals surface area contributed by atoms with Crippen LogP contribution in [0.2, 0.25) is 0 Å². The SMILES string of the molecule is COc1cscc1C(=O)C(c1ccc(NC(=O)Nc2cc(C(C)(C)C)nn2-c2ccc(C)cc2)cc1)C1CCNCC1. The van der Waals surface area contributed by atoms with Crippen LogP contribution in [-0.4, -0.2) is 41.8 Å². The van der Waals surface area contributed by atoms with Crippen LogP contribution in [0.1, 0.15) is 66.7 Å². The lowest BCUT2D eigenvalue weighted by atomic mass is 9.76. The van der Waals surface area contributed by atoms with Gasteiger partial charge in [-0.3, -0.25) is 10.1 Å². The van der Waals surface area contributed by atoms with Gasteiger partial charge in [-0.15, -0.1) is 11.3 Å². The van der Waals surface area contributed by atoms with Gasteiger partial charge in [0.05, 0.1) is 30.0 Å². The van der Waals surface area contributed by atoms with Crippen LogP contribution < -0.4 is 20.7 Å². The topological polar surface area (TPSA) is 97.3 Å². The number of piperidine rings is 1. The summed E-state index contributed by atoms with van der Waals surface area (Å²) in [5.41, 5.74) is 4.92. The molecule has 2 aromatic carbocycles. The number of aromatic nitrogens is 2. The largest absolute Gasteiger partial charge is 0.495 e. The monoisotopic (exact) mass is 585 g/mol.